The topological polar surface area (TPSA) is 41.0 Å². The number of hydrogen-bond donors (Lipinski definition) is 1. The van der Waals surface area contributed by atoms with Crippen LogP contribution in [-0.4, -0.2) is 35.9 Å². The highest BCUT2D eigenvalue weighted by atomic mass is 19.4. The van der Waals surface area contributed by atoms with Crippen LogP contribution in [0, 0.1) is 5.92 Å². The highest BCUT2D eigenvalue weighted by Gasteiger charge is 2.33. The Hall–Kier alpha value is -1.37. The summed E-state index contributed by atoms with van der Waals surface area (Å²) in [6, 6.07) is 2.59. The van der Waals surface area contributed by atoms with Crippen LogP contribution in [0.15, 0.2) is 12.1 Å². The second-order valence-electron chi connectivity index (χ2n) is 5.71. The second kappa shape index (κ2) is 6.60. The molecular weight excluding hydrogens is 281 g/mol. The molecule has 0 spiro atoms. The van der Waals surface area contributed by atoms with Crippen molar-refractivity contribution in [2.24, 2.45) is 5.92 Å². The summed E-state index contributed by atoms with van der Waals surface area (Å²) in [6.45, 7) is 6.82. The molecule has 1 N–H and O–H groups in total. The van der Waals surface area contributed by atoms with Gasteiger partial charge in [0.2, 0.25) is 0 Å². The molecule has 4 nitrogen and oxygen atoms in total. The molecule has 1 fully saturated rings. The van der Waals surface area contributed by atoms with Gasteiger partial charge >= 0.3 is 6.18 Å². The standard InChI is InChI=1S/C14H21F3N4/c1-10(2)21(9-11-5-7-18-8-6-11)13-4-3-12(19-20-13)14(15,16)17/h3-4,10-11,18H,5-9H2,1-2H3. The first kappa shape index (κ1) is 16.0. The van der Waals surface area contributed by atoms with E-state index in [1.165, 1.54) is 6.07 Å². The van der Waals surface area contributed by atoms with Gasteiger partial charge in [-0.1, -0.05) is 0 Å². The van der Waals surface area contributed by atoms with Crippen LogP contribution in [0.1, 0.15) is 32.4 Å². The highest BCUT2D eigenvalue weighted by molar-refractivity contribution is 5.38. The van der Waals surface area contributed by atoms with Gasteiger partial charge in [0, 0.05) is 12.6 Å². The average Bonchev–Trinajstić information content (AvgIpc) is 2.45. The first-order valence-corrected chi connectivity index (χ1v) is 7.26. The van der Waals surface area contributed by atoms with E-state index in [0.29, 0.717) is 11.7 Å². The molecule has 7 heteroatoms. The molecule has 2 heterocycles. The van der Waals surface area contributed by atoms with E-state index in [1.54, 1.807) is 0 Å². The van der Waals surface area contributed by atoms with Crippen LogP contribution in [0.2, 0.25) is 0 Å². The van der Waals surface area contributed by atoms with Gasteiger partial charge in [0.1, 0.15) is 0 Å². The summed E-state index contributed by atoms with van der Waals surface area (Å²) < 4.78 is 37.6. The fraction of sp³-hybridized carbons (Fsp3) is 0.714. The Morgan fingerprint density at radius 2 is 1.90 bits per heavy atom. The Kier molecular flexibility index (Phi) is 5.03. The maximum absolute atomic E-state index is 12.5. The summed E-state index contributed by atoms with van der Waals surface area (Å²) in [7, 11) is 0. The first-order valence-electron chi connectivity index (χ1n) is 7.26. The minimum absolute atomic E-state index is 0.172. The van der Waals surface area contributed by atoms with Crippen molar-refractivity contribution in [3.05, 3.63) is 17.8 Å². The van der Waals surface area contributed by atoms with Crippen LogP contribution in [0.5, 0.6) is 0 Å². The van der Waals surface area contributed by atoms with Gasteiger partial charge in [-0.2, -0.15) is 13.2 Å². The van der Waals surface area contributed by atoms with Crippen molar-refractivity contribution in [2.75, 3.05) is 24.5 Å². The zero-order chi connectivity index (χ0) is 15.5. The van der Waals surface area contributed by atoms with Crippen LogP contribution < -0.4 is 10.2 Å². The van der Waals surface area contributed by atoms with Gasteiger partial charge in [0.15, 0.2) is 11.5 Å². The quantitative estimate of drug-likeness (QED) is 0.928. The van der Waals surface area contributed by atoms with Gasteiger partial charge in [-0.15, -0.1) is 10.2 Å². The van der Waals surface area contributed by atoms with Gasteiger partial charge in [-0.3, -0.25) is 0 Å². The molecule has 1 saturated heterocycles. The fourth-order valence-electron chi connectivity index (χ4n) is 2.54. The van der Waals surface area contributed by atoms with Crippen LogP contribution in [0.3, 0.4) is 0 Å². The van der Waals surface area contributed by atoms with Crippen LogP contribution >= 0.6 is 0 Å². The first-order chi connectivity index (χ1) is 9.88. The Morgan fingerprint density at radius 3 is 2.38 bits per heavy atom. The SMILES string of the molecule is CC(C)N(CC1CCNCC1)c1ccc(C(F)(F)F)nn1. The largest absolute Gasteiger partial charge is 0.435 e. The predicted molar refractivity (Wildman–Crippen MR) is 75.1 cm³/mol. The number of halogens is 3. The van der Waals surface area contributed by atoms with Crippen molar-refractivity contribution >= 4 is 5.82 Å². The lowest BCUT2D eigenvalue weighted by Crippen LogP contribution is -2.40. The van der Waals surface area contributed by atoms with Crippen molar-refractivity contribution in [1.82, 2.24) is 15.5 Å². The van der Waals surface area contributed by atoms with Crippen molar-refractivity contribution in [3.8, 4) is 0 Å². The monoisotopic (exact) mass is 302 g/mol. The number of nitrogens with zero attached hydrogens (tertiary/aromatic N) is 3. The number of nitrogens with one attached hydrogen (secondary N) is 1. The minimum atomic E-state index is -4.44. The van der Waals surface area contributed by atoms with E-state index >= 15 is 0 Å². The molecule has 1 aromatic rings. The molecule has 0 unspecified atom stereocenters. The van der Waals surface area contributed by atoms with Gasteiger partial charge in [0.25, 0.3) is 0 Å². The van der Waals surface area contributed by atoms with Gasteiger partial charge in [-0.25, -0.2) is 0 Å². The van der Waals surface area contributed by atoms with Gasteiger partial charge in [0.05, 0.1) is 0 Å². The van der Waals surface area contributed by atoms with E-state index in [-0.39, 0.29) is 6.04 Å². The molecule has 0 amide bonds. The summed E-state index contributed by atoms with van der Waals surface area (Å²) in [6.07, 6.45) is -2.28. The molecule has 2 rings (SSSR count). The fourth-order valence-corrected chi connectivity index (χ4v) is 2.54. The summed E-state index contributed by atoms with van der Waals surface area (Å²) in [5.74, 6) is 1.05. The van der Waals surface area contributed by atoms with Crippen LogP contribution in [-0.2, 0) is 6.18 Å². The summed E-state index contributed by atoms with van der Waals surface area (Å²) in [5.41, 5.74) is -0.947. The summed E-state index contributed by atoms with van der Waals surface area (Å²) >= 11 is 0. The van der Waals surface area contributed by atoms with Crippen molar-refractivity contribution < 1.29 is 13.2 Å². The molecule has 0 aliphatic carbocycles. The maximum atomic E-state index is 12.5. The Bertz CT molecular complexity index is 439. The maximum Gasteiger partial charge on any atom is 0.435 e. The number of piperidine rings is 1. The molecule has 0 bridgehead atoms. The molecule has 1 aliphatic rings. The van der Waals surface area contributed by atoms with Crippen LogP contribution in [0.25, 0.3) is 0 Å². The molecule has 1 aromatic heterocycles. The third-order valence-corrected chi connectivity index (χ3v) is 3.77. The normalized spacial score (nSPS) is 17.2. The second-order valence-corrected chi connectivity index (χ2v) is 5.71. The lowest BCUT2D eigenvalue weighted by molar-refractivity contribution is -0.141. The number of rotatable bonds is 4. The minimum Gasteiger partial charge on any atom is -0.352 e. The highest BCUT2D eigenvalue weighted by Crippen LogP contribution is 2.28. The zero-order valence-electron chi connectivity index (χ0n) is 12.3. The van der Waals surface area contributed by atoms with Crippen molar-refractivity contribution in [1.29, 1.82) is 0 Å². The third-order valence-electron chi connectivity index (χ3n) is 3.77. The molecule has 0 saturated carbocycles. The van der Waals surface area contributed by atoms with E-state index < -0.39 is 11.9 Å². The van der Waals surface area contributed by atoms with E-state index in [4.69, 9.17) is 0 Å². The zero-order valence-corrected chi connectivity index (χ0v) is 12.3. The molecule has 118 valence electrons. The van der Waals surface area contributed by atoms with Gasteiger partial charge < -0.3 is 10.2 Å². The Morgan fingerprint density at radius 1 is 1.24 bits per heavy atom. The summed E-state index contributed by atoms with van der Waals surface area (Å²) in [4.78, 5) is 2.03. The lowest BCUT2D eigenvalue weighted by Gasteiger charge is -2.33. The van der Waals surface area contributed by atoms with E-state index in [2.05, 4.69) is 15.5 Å². The predicted octanol–water partition coefficient (Wildman–Crippen LogP) is 2.71. The molecule has 21 heavy (non-hydrogen) atoms. The number of alkyl halides is 3. The molecule has 0 atom stereocenters. The van der Waals surface area contributed by atoms with Crippen molar-refractivity contribution in [3.63, 3.8) is 0 Å². The Labute approximate surface area is 122 Å². The van der Waals surface area contributed by atoms with Crippen molar-refractivity contribution in [2.45, 2.75) is 38.9 Å². The van der Waals surface area contributed by atoms with Gasteiger partial charge in [-0.05, 0) is 57.8 Å². The average molecular weight is 302 g/mol. The molecular formula is C14H21F3N4. The lowest BCUT2D eigenvalue weighted by atomic mass is 9.97. The Balaban J connectivity index is 2.10. The van der Waals surface area contributed by atoms with E-state index in [1.807, 2.05) is 18.7 Å². The van der Waals surface area contributed by atoms with E-state index in [9.17, 15) is 13.2 Å². The van der Waals surface area contributed by atoms with E-state index in [0.717, 1.165) is 38.5 Å². The smallest absolute Gasteiger partial charge is 0.352 e. The third kappa shape index (κ3) is 4.30. The molecule has 1 aliphatic heterocycles. The number of anilines is 1. The molecule has 0 aromatic carbocycles. The summed E-state index contributed by atoms with van der Waals surface area (Å²) in [5, 5.41) is 10.4. The van der Waals surface area contributed by atoms with Crippen LogP contribution in [0.4, 0.5) is 19.0 Å². The number of aromatic nitrogens is 2. The molecule has 0 radical (unpaired) electrons. The number of hydrogen-bond acceptors (Lipinski definition) is 4.